The smallest absolute Gasteiger partial charge is 0.272 e. The van der Waals surface area contributed by atoms with Crippen LogP contribution in [0.1, 0.15) is 36.7 Å². The maximum Gasteiger partial charge on any atom is 0.272 e. The van der Waals surface area contributed by atoms with E-state index in [0.29, 0.717) is 17.7 Å². The Labute approximate surface area is 157 Å². The lowest BCUT2D eigenvalue weighted by Crippen LogP contribution is -2.22. The van der Waals surface area contributed by atoms with E-state index in [9.17, 15) is 20.0 Å². The molecule has 3 aromatic rings. The molecular weight excluding hydrogens is 372 g/mol. The Kier molecular flexibility index (Phi) is 5.46. The van der Waals surface area contributed by atoms with Gasteiger partial charge in [0, 0.05) is 31.8 Å². The molecule has 0 fully saturated rings. The van der Waals surface area contributed by atoms with Gasteiger partial charge >= 0.3 is 0 Å². The number of amides is 1. The molecule has 0 radical (unpaired) electrons. The van der Waals surface area contributed by atoms with E-state index >= 15 is 0 Å². The predicted octanol–water partition coefficient (Wildman–Crippen LogP) is 4.04. The van der Waals surface area contributed by atoms with E-state index < -0.39 is 11.0 Å². The number of aryl methyl sites for hydroxylation is 1. The number of rotatable bonds is 6. The Bertz CT molecular complexity index is 935. The standard InChI is InChI=1S/C18H16N2O4S2/c1-11-9-12(4-6-14(11)20(23)24)18(22)19-10-13-5-7-16(26-13)17(21)15-3-2-8-25-15/h2-9,17,21H,10H2,1H3,(H,19,22). The topological polar surface area (TPSA) is 92.5 Å². The average Bonchev–Trinajstić information content (AvgIpc) is 3.30. The maximum atomic E-state index is 12.3. The van der Waals surface area contributed by atoms with Crippen molar-refractivity contribution in [3.8, 4) is 0 Å². The summed E-state index contributed by atoms with van der Waals surface area (Å²) in [6.07, 6.45) is -0.651. The van der Waals surface area contributed by atoms with Crippen molar-refractivity contribution in [2.45, 2.75) is 19.6 Å². The van der Waals surface area contributed by atoms with Gasteiger partial charge in [0.1, 0.15) is 6.10 Å². The average molecular weight is 388 g/mol. The molecular formula is C18H16N2O4S2. The fourth-order valence-electron chi connectivity index (χ4n) is 2.49. The lowest BCUT2D eigenvalue weighted by molar-refractivity contribution is -0.385. The van der Waals surface area contributed by atoms with E-state index in [1.54, 1.807) is 6.92 Å². The van der Waals surface area contributed by atoms with Gasteiger partial charge in [-0.2, -0.15) is 0 Å². The number of benzene rings is 1. The number of nitrogens with zero attached hydrogens (tertiary/aromatic N) is 1. The molecule has 0 saturated heterocycles. The maximum absolute atomic E-state index is 12.3. The first-order chi connectivity index (χ1) is 12.5. The van der Waals surface area contributed by atoms with Crippen LogP contribution in [-0.2, 0) is 6.54 Å². The van der Waals surface area contributed by atoms with Crippen molar-refractivity contribution in [2.24, 2.45) is 0 Å². The van der Waals surface area contributed by atoms with E-state index in [1.807, 2.05) is 29.6 Å². The van der Waals surface area contributed by atoms with Gasteiger partial charge in [-0.05, 0) is 42.6 Å². The van der Waals surface area contributed by atoms with Crippen LogP contribution in [0, 0.1) is 17.0 Å². The summed E-state index contributed by atoms with van der Waals surface area (Å²) in [7, 11) is 0. The second kappa shape index (κ2) is 7.77. The predicted molar refractivity (Wildman–Crippen MR) is 102 cm³/mol. The van der Waals surface area contributed by atoms with Crippen LogP contribution in [0.4, 0.5) is 5.69 Å². The Hall–Kier alpha value is -2.55. The summed E-state index contributed by atoms with van der Waals surface area (Å²) >= 11 is 2.93. The number of aliphatic hydroxyl groups is 1. The molecule has 1 unspecified atom stereocenters. The molecule has 2 N–H and O–H groups in total. The number of nitro benzene ring substituents is 1. The highest BCUT2D eigenvalue weighted by molar-refractivity contribution is 7.12. The molecule has 134 valence electrons. The summed E-state index contributed by atoms with van der Waals surface area (Å²) in [6.45, 7) is 1.93. The molecule has 2 aromatic heterocycles. The van der Waals surface area contributed by atoms with Gasteiger partial charge in [-0.1, -0.05) is 6.07 Å². The lowest BCUT2D eigenvalue weighted by atomic mass is 10.1. The summed E-state index contributed by atoms with van der Waals surface area (Å²) in [4.78, 5) is 25.2. The largest absolute Gasteiger partial charge is 0.382 e. The Balaban J connectivity index is 1.63. The van der Waals surface area contributed by atoms with Crippen LogP contribution >= 0.6 is 22.7 Å². The summed E-state index contributed by atoms with van der Waals surface area (Å²) < 4.78 is 0. The van der Waals surface area contributed by atoms with E-state index in [-0.39, 0.29) is 11.6 Å². The van der Waals surface area contributed by atoms with Crippen molar-refractivity contribution in [1.29, 1.82) is 0 Å². The fraction of sp³-hybridized carbons (Fsp3) is 0.167. The molecule has 1 aromatic carbocycles. The molecule has 0 aliphatic heterocycles. The molecule has 1 atom stereocenters. The van der Waals surface area contributed by atoms with Crippen LogP contribution in [0.3, 0.4) is 0 Å². The minimum absolute atomic E-state index is 0.00740. The van der Waals surface area contributed by atoms with E-state index in [4.69, 9.17) is 0 Å². The minimum Gasteiger partial charge on any atom is -0.382 e. The molecule has 0 aliphatic rings. The minimum atomic E-state index is -0.651. The lowest BCUT2D eigenvalue weighted by Gasteiger charge is -2.06. The van der Waals surface area contributed by atoms with Gasteiger partial charge in [-0.15, -0.1) is 22.7 Å². The Morgan fingerprint density at radius 2 is 2.08 bits per heavy atom. The van der Waals surface area contributed by atoms with Crippen molar-refractivity contribution in [3.63, 3.8) is 0 Å². The summed E-state index contributed by atoms with van der Waals surface area (Å²) in [5, 5.41) is 25.9. The molecule has 2 heterocycles. The first-order valence-electron chi connectivity index (χ1n) is 7.79. The van der Waals surface area contributed by atoms with Crippen molar-refractivity contribution in [2.75, 3.05) is 0 Å². The third kappa shape index (κ3) is 3.98. The van der Waals surface area contributed by atoms with Crippen LogP contribution in [0.15, 0.2) is 47.8 Å². The second-order valence-corrected chi connectivity index (χ2v) is 7.84. The van der Waals surface area contributed by atoms with Crippen molar-refractivity contribution < 1.29 is 14.8 Å². The van der Waals surface area contributed by atoms with Gasteiger partial charge < -0.3 is 10.4 Å². The number of carbonyl (C=O) groups excluding carboxylic acids is 1. The van der Waals surface area contributed by atoms with Gasteiger partial charge in [0.15, 0.2) is 0 Å². The summed E-state index contributed by atoms with van der Waals surface area (Å²) in [5.74, 6) is -0.295. The number of hydrogen-bond donors (Lipinski definition) is 2. The van der Waals surface area contributed by atoms with Gasteiger partial charge in [-0.25, -0.2) is 0 Å². The Morgan fingerprint density at radius 1 is 1.27 bits per heavy atom. The molecule has 26 heavy (non-hydrogen) atoms. The van der Waals surface area contributed by atoms with Crippen LogP contribution < -0.4 is 5.32 Å². The SMILES string of the molecule is Cc1cc(C(=O)NCc2ccc(C(O)c3cccs3)s2)ccc1[N+](=O)[O-]. The fourth-order valence-corrected chi connectivity index (χ4v) is 4.25. The summed E-state index contributed by atoms with van der Waals surface area (Å²) in [6, 6.07) is 11.8. The molecule has 0 spiro atoms. The number of nitro groups is 1. The highest BCUT2D eigenvalue weighted by Crippen LogP contribution is 2.30. The molecule has 6 nitrogen and oxygen atoms in total. The van der Waals surface area contributed by atoms with Gasteiger partial charge in [-0.3, -0.25) is 14.9 Å². The number of hydrogen-bond acceptors (Lipinski definition) is 6. The molecule has 0 aliphatic carbocycles. The van der Waals surface area contributed by atoms with Crippen LogP contribution in [-0.4, -0.2) is 15.9 Å². The third-order valence-electron chi connectivity index (χ3n) is 3.84. The third-order valence-corrected chi connectivity index (χ3v) is 5.91. The highest BCUT2D eigenvalue weighted by atomic mass is 32.1. The number of carbonyl (C=O) groups is 1. The number of nitrogens with one attached hydrogen (secondary N) is 1. The van der Waals surface area contributed by atoms with E-state index in [1.165, 1.54) is 40.9 Å². The number of aliphatic hydroxyl groups excluding tert-OH is 1. The second-order valence-electron chi connectivity index (χ2n) is 5.66. The first-order valence-corrected chi connectivity index (χ1v) is 9.48. The molecule has 8 heteroatoms. The highest BCUT2D eigenvalue weighted by Gasteiger charge is 2.16. The van der Waals surface area contributed by atoms with Crippen LogP contribution in [0.2, 0.25) is 0 Å². The van der Waals surface area contributed by atoms with Crippen LogP contribution in [0.25, 0.3) is 0 Å². The molecule has 1 amide bonds. The van der Waals surface area contributed by atoms with E-state index in [0.717, 1.165) is 14.6 Å². The van der Waals surface area contributed by atoms with Gasteiger partial charge in [0.05, 0.1) is 11.5 Å². The first kappa shape index (κ1) is 18.2. The number of thiophene rings is 2. The van der Waals surface area contributed by atoms with Gasteiger partial charge in [0.25, 0.3) is 11.6 Å². The van der Waals surface area contributed by atoms with Crippen molar-refractivity contribution in [1.82, 2.24) is 5.32 Å². The zero-order valence-corrected chi connectivity index (χ0v) is 15.5. The zero-order valence-electron chi connectivity index (χ0n) is 13.8. The van der Waals surface area contributed by atoms with Crippen LogP contribution in [0.5, 0.6) is 0 Å². The quantitative estimate of drug-likeness (QED) is 0.492. The Morgan fingerprint density at radius 3 is 2.73 bits per heavy atom. The molecule has 0 saturated carbocycles. The molecule has 0 bridgehead atoms. The normalized spacial score (nSPS) is 11.9. The zero-order chi connectivity index (χ0) is 18.7. The van der Waals surface area contributed by atoms with E-state index in [2.05, 4.69) is 5.32 Å². The molecule has 3 rings (SSSR count). The monoisotopic (exact) mass is 388 g/mol. The van der Waals surface area contributed by atoms with Crippen molar-refractivity contribution >= 4 is 34.3 Å². The van der Waals surface area contributed by atoms with Gasteiger partial charge in [0.2, 0.25) is 0 Å². The summed E-state index contributed by atoms with van der Waals surface area (Å²) in [5.41, 5.74) is 0.815. The van der Waals surface area contributed by atoms with Crippen molar-refractivity contribution in [3.05, 3.63) is 83.7 Å².